The van der Waals surface area contributed by atoms with Crippen LogP contribution in [0.15, 0.2) is 4.90 Å². The van der Waals surface area contributed by atoms with Crippen LogP contribution in [0.3, 0.4) is 0 Å². The molecule has 0 bridgehead atoms. The number of rotatable bonds is 4. The largest absolute Gasteiger partial charge is 0.383 e. The Morgan fingerprint density at radius 1 is 1.25 bits per heavy atom. The van der Waals surface area contributed by atoms with Gasteiger partial charge in [-0.1, -0.05) is 5.21 Å². The van der Waals surface area contributed by atoms with Crippen molar-refractivity contribution in [1.82, 2.24) is 29.1 Å². The second-order valence-corrected chi connectivity index (χ2v) is 7.83. The second-order valence-electron chi connectivity index (χ2n) is 6.01. The van der Waals surface area contributed by atoms with Crippen LogP contribution in [0.2, 0.25) is 0 Å². The van der Waals surface area contributed by atoms with Crippen LogP contribution >= 0.6 is 0 Å². The Hall–Kier alpha value is -1.78. The fourth-order valence-electron chi connectivity index (χ4n) is 3.30. The van der Waals surface area contributed by atoms with Gasteiger partial charge in [0.25, 0.3) is 0 Å². The predicted octanol–water partition coefficient (Wildman–Crippen LogP) is 0.0999. The maximum atomic E-state index is 13.3. The Balaban J connectivity index is 2.10. The van der Waals surface area contributed by atoms with Crippen LogP contribution in [0.4, 0.5) is 0 Å². The Morgan fingerprint density at radius 2 is 1.96 bits per heavy atom. The van der Waals surface area contributed by atoms with Gasteiger partial charge in [-0.3, -0.25) is 9.36 Å². The first-order chi connectivity index (χ1) is 11.3. The van der Waals surface area contributed by atoms with Gasteiger partial charge in [-0.2, -0.15) is 9.40 Å². The zero-order chi connectivity index (χ0) is 17.6. The Bertz CT molecular complexity index is 869. The standard InChI is InChI=1S/C14H22N6O3S/c1-9-14(10(2)18(3)16-9)24(21,22)20-7-6-11-13(12(20)8-23-5)15-17-19(11)4/h12H,6-8H2,1-5H3/t12-/m0/s1. The zero-order valence-electron chi connectivity index (χ0n) is 14.5. The molecule has 10 heteroatoms. The zero-order valence-corrected chi connectivity index (χ0v) is 15.3. The smallest absolute Gasteiger partial charge is 0.247 e. The van der Waals surface area contributed by atoms with E-state index < -0.39 is 16.1 Å². The van der Waals surface area contributed by atoms with Crippen molar-refractivity contribution in [2.75, 3.05) is 20.3 Å². The van der Waals surface area contributed by atoms with E-state index in [1.165, 1.54) is 4.31 Å². The van der Waals surface area contributed by atoms with E-state index in [4.69, 9.17) is 4.74 Å². The molecule has 0 N–H and O–H groups in total. The minimum Gasteiger partial charge on any atom is -0.383 e. The molecule has 0 unspecified atom stereocenters. The third-order valence-electron chi connectivity index (χ3n) is 4.54. The Labute approximate surface area is 141 Å². The maximum absolute atomic E-state index is 13.3. The SMILES string of the molecule is COC[C@H]1c2nnn(C)c2CCN1S(=O)(=O)c1c(C)nn(C)c1C. The molecule has 1 aliphatic rings. The summed E-state index contributed by atoms with van der Waals surface area (Å²) in [5.74, 6) is 0. The number of aromatic nitrogens is 5. The van der Waals surface area contributed by atoms with Crippen LogP contribution in [-0.4, -0.2) is 57.8 Å². The second kappa shape index (κ2) is 5.94. The third-order valence-corrected chi connectivity index (χ3v) is 6.70. The molecule has 0 aliphatic carbocycles. The lowest BCUT2D eigenvalue weighted by Crippen LogP contribution is -2.42. The third kappa shape index (κ3) is 2.45. The first-order valence-electron chi connectivity index (χ1n) is 7.68. The van der Waals surface area contributed by atoms with Crippen molar-refractivity contribution in [3.63, 3.8) is 0 Å². The molecule has 0 radical (unpaired) electrons. The molecule has 3 heterocycles. The van der Waals surface area contributed by atoms with Crippen molar-refractivity contribution in [3.05, 3.63) is 22.8 Å². The highest BCUT2D eigenvalue weighted by Gasteiger charge is 2.41. The number of nitrogens with zero attached hydrogens (tertiary/aromatic N) is 6. The molecule has 0 spiro atoms. The summed E-state index contributed by atoms with van der Waals surface area (Å²) in [4.78, 5) is 0.262. The van der Waals surface area contributed by atoms with Gasteiger partial charge in [0.15, 0.2) is 0 Å². The molecule has 0 saturated heterocycles. The van der Waals surface area contributed by atoms with Crippen LogP contribution in [0.25, 0.3) is 0 Å². The van der Waals surface area contributed by atoms with Gasteiger partial charge in [-0.25, -0.2) is 8.42 Å². The fraction of sp³-hybridized carbons (Fsp3) is 0.643. The fourth-order valence-corrected chi connectivity index (χ4v) is 5.28. The molecular formula is C14H22N6O3S. The van der Waals surface area contributed by atoms with E-state index in [0.29, 0.717) is 30.0 Å². The van der Waals surface area contributed by atoms with Crippen LogP contribution in [0.5, 0.6) is 0 Å². The summed E-state index contributed by atoms with van der Waals surface area (Å²) in [7, 11) is 1.39. The molecule has 1 atom stereocenters. The minimum atomic E-state index is -3.71. The topological polar surface area (TPSA) is 95.1 Å². The molecular weight excluding hydrogens is 332 g/mol. The average Bonchev–Trinajstić information content (AvgIpc) is 3.00. The van der Waals surface area contributed by atoms with Crippen molar-refractivity contribution < 1.29 is 13.2 Å². The number of aryl methyl sites for hydroxylation is 3. The van der Waals surface area contributed by atoms with Crippen molar-refractivity contribution >= 4 is 10.0 Å². The van der Waals surface area contributed by atoms with Gasteiger partial charge < -0.3 is 4.74 Å². The lowest BCUT2D eigenvalue weighted by molar-refractivity contribution is 0.125. The van der Waals surface area contributed by atoms with Gasteiger partial charge in [-0.05, 0) is 13.8 Å². The molecule has 0 saturated carbocycles. The molecule has 0 amide bonds. The summed E-state index contributed by atoms with van der Waals surface area (Å²) in [5, 5.41) is 12.4. The number of hydrogen-bond donors (Lipinski definition) is 0. The normalized spacial score (nSPS) is 18.8. The molecule has 0 fully saturated rings. The number of ether oxygens (including phenoxy) is 1. The summed E-state index contributed by atoms with van der Waals surface area (Å²) >= 11 is 0. The van der Waals surface area contributed by atoms with Gasteiger partial charge in [0, 0.05) is 34.2 Å². The summed E-state index contributed by atoms with van der Waals surface area (Å²) in [6, 6.07) is -0.489. The molecule has 1 aliphatic heterocycles. The molecule has 132 valence electrons. The van der Waals surface area contributed by atoms with E-state index in [2.05, 4.69) is 15.4 Å². The quantitative estimate of drug-likeness (QED) is 0.773. The summed E-state index contributed by atoms with van der Waals surface area (Å²) in [5.41, 5.74) is 2.72. The van der Waals surface area contributed by atoms with Crippen molar-refractivity contribution in [3.8, 4) is 0 Å². The summed E-state index contributed by atoms with van der Waals surface area (Å²) in [6.07, 6.45) is 0.566. The predicted molar refractivity (Wildman–Crippen MR) is 85.9 cm³/mol. The van der Waals surface area contributed by atoms with Crippen LogP contribution in [0, 0.1) is 13.8 Å². The van der Waals surface area contributed by atoms with Crippen LogP contribution < -0.4 is 0 Å². The number of fused-ring (bicyclic) bond motifs is 1. The number of methoxy groups -OCH3 is 1. The molecule has 3 rings (SSSR count). The average molecular weight is 354 g/mol. The van der Waals surface area contributed by atoms with E-state index in [9.17, 15) is 8.42 Å². The Kier molecular flexibility index (Phi) is 4.22. The highest BCUT2D eigenvalue weighted by Crippen LogP contribution is 2.34. The van der Waals surface area contributed by atoms with Gasteiger partial charge in [-0.15, -0.1) is 5.10 Å². The van der Waals surface area contributed by atoms with Crippen molar-refractivity contribution in [2.45, 2.75) is 31.2 Å². The summed E-state index contributed by atoms with van der Waals surface area (Å²) < 4.78 is 36.6. The highest BCUT2D eigenvalue weighted by molar-refractivity contribution is 7.89. The van der Waals surface area contributed by atoms with Gasteiger partial charge in [0.1, 0.15) is 10.6 Å². The van der Waals surface area contributed by atoms with E-state index in [1.807, 2.05) is 7.05 Å². The molecule has 2 aromatic rings. The molecule has 0 aromatic carbocycles. The summed E-state index contributed by atoms with van der Waals surface area (Å²) in [6.45, 7) is 4.06. The van der Waals surface area contributed by atoms with E-state index in [-0.39, 0.29) is 11.5 Å². The maximum Gasteiger partial charge on any atom is 0.247 e. The van der Waals surface area contributed by atoms with Gasteiger partial charge in [0.05, 0.1) is 29.7 Å². The first-order valence-corrected chi connectivity index (χ1v) is 9.12. The highest BCUT2D eigenvalue weighted by atomic mass is 32.2. The minimum absolute atomic E-state index is 0.225. The monoisotopic (exact) mass is 354 g/mol. The van der Waals surface area contributed by atoms with E-state index in [0.717, 1.165) is 5.69 Å². The van der Waals surface area contributed by atoms with Crippen molar-refractivity contribution in [2.24, 2.45) is 14.1 Å². The van der Waals surface area contributed by atoms with Gasteiger partial charge in [0.2, 0.25) is 10.0 Å². The number of sulfonamides is 1. The van der Waals surface area contributed by atoms with Crippen LogP contribution in [-0.2, 0) is 35.3 Å². The van der Waals surface area contributed by atoms with E-state index in [1.54, 1.807) is 37.4 Å². The van der Waals surface area contributed by atoms with Crippen molar-refractivity contribution in [1.29, 1.82) is 0 Å². The lowest BCUT2D eigenvalue weighted by atomic mass is 10.1. The first kappa shape index (κ1) is 17.1. The molecule has 9 nitrogen and oxygen atoms in total. The molecule has 2 aromatic heterocycles. The number of hydrogen-bond acceptors (Lipinski definition) is 6. The lowest BCUT2D eigenvalue weighted by Gasteiger charge is -2.33. The molecule has 24 heavy (non-hydrogen) atoms. The Morgan fingerprint density at radius 3 is 2.54 bits per heavy atom. The van der Waals surface area contributed by atoms with E-state index >= 15 is 0 Å². The van der Waals surface area contributed by atoms with Crippen LogP contribution in [0.1, 0.15) is 28.8 Å². The van der Waals surface area contributed by atoms with Gasteiger partial charge >= 0.3 is 0 Å².